The summed E-state index contributed by atoms with van der Waals surface area (Å²) in [4.78, 5) is 12.8. The second-order valence-corrected chi connectivity index (χ2v) is 8.12. The van der Waals surface area contributed by atoms with Crippen molar-refractivity contribution in [2.45, 2.75) is 64.0 Å². The van der Waals surface area contributed by atoms with Gasteiger partial charge >= 0.3 is 0 Å². The number of ether oxygens (including phenoxy) is 1. The summed E-state index contributed by atoms with van der Waals surface area (Å²) in [6, 6.07) is 8.47. The molecule has 4 nitrogen and oxygen atoms in total. The van der Waals surface area contributed by atoms with Gasteiger partial charge in [0, 0.05) is 30.4 Å². The second-order valence-electron chi connectivity index (χ2n) is 8.12. The molecule has 2 saturated carbocycles. The molecule has 2 fully saturated rings. The summed E-state index contributed by atoms with van der Waals surface area (Å²) < 4.78 is 5.72. The van der Waals surface area contributed by atoms with Crippen molar-refractivity contribution in [3.8, 4) is 0 Å². The fourth-order valence-electron chi connectivity index (χ4n) is 4.09. The van der Waals surface area contributed by atoms with E-state index in [0.29, 0.717) is 19.6 Å². The zero-order valence-corrected chi connectivity index (χ0v) is 15.3. The van der Waals surface area contributed by atoms with Gasteiger partial charge in [-0.1, -0.05) is 38.1 Å². The van der Waals surface area contributed by atoms with Crippen LogP contribution in [0.25, 0.3) is 0 Å². The molecule has 2 aliphatic rings. The van der Waals surface area contributed by atoms with Crippen LogP contribution in [0.3, 0.4) is 0 Å². The van der Waals surface area contributed by atoms with Crippen molar-refractivity contribution in [3.05, 3.63) is 35.4 Å². The number of rotatable bonds is 6. The van der Waals surface area contributed by atoms with Crippen molar-refractivity contribution in [1.82, 2.24) is 5.32 Å². The van der Waals surface area contributed by atoms with E-state index < -0.39 is 5.54 Å². The van der Waals surface area contributed by atoms with Crippen LogP contribution in [0.5, 0.6) is 0 Å². The highest BCUT2D eigenvalue weighted by atomic mass is 16.5. The molecule has 2 atom stereocenters. The first-order valence-electron chi connectivity index (χ1n) is 9.02. The summed E-state index contributed by atoms with van der Waals surface area (Å²) in [6.07, 6.45) is 2.91. The number of carbonyl (C=O) groups is 1. The quantitative estimate of drug-likeness (QED) is 0.843. The van der Waals surface area contributed by atoms with E-state index in [-0.39, 0.29) is 22.8 Å². The van der Waals surface area contributed by atoms with Crippen LogP contribution in [0.4, 0.5) is 0 Å². The zero-order valence-electron chi connectivity index (χ0n) is 15.3. The number of hydrogen-bond donors (Lipinski definition) is 2. The van der Waals surface area contributed by atoms with Crippen molar-refractivity contribution in [3.63, 3.8) is 0 Å². The van der Waals surface area contributed by atoms with E-state index in [9.17, 15) is 4.79 Å². The molecule has 0 heterocycles. The van der Waals surface area contributed by atoms with Gasteiger partial charge in [0.05, 0.1) is 6.10 Å². The van der Waals surface area contributed by atoms with Gasteiger partial charge in [-0.05, 0) is 37.8 Å². The first-order chi connectivity index (χ1) is 11.3. The maximum absolute atomic E-state index is 12.8. The smallest absolute Gasteiger partial charge is 0.240 e. The highest BCUT2D eigenvalue weighted by Crippen LogP contribution is 2.51. The first-order valence-corrected chi connectivity index (χ1v) is 9.02. The Hall–Kier alpha value is -1.39. The Morgan fingerprint density at radius 3 is 2.54 bits per heavy atom. The lowest BCUT2D eigenvalue weighted by Crippen LogP contribution is -2.76. The van der Waals surface area contributed by atoms with Gasteiger partial charge in [-0.15, -0.1) is 0 Å². The van der Waals surface area contributed by atoms with Gasteiger partial charge in [0.1, 0.15) is 5.54 Å². The normalized spacial score (nSPS) is 29.6. The molecule has 24 heavy (non-hydrogen) atoms. The molecule has 0 saturated heterocycles. The van der Waals surface area contributed by atoms with Crippen molar-refractivity contribution in [1.29, 1.82) is 0 Å². The topological polar surface area (TPSA) is 64.3 Å². The highest BCUT2D eigenvalue weighted by molar-refractivity contribution is 5.89. The Kier molecular flexibility index (Phi) is 4.25. The van der Waals surface area contributed by atoms with Crippen LogP contribution in [0.15, 0.2) is 24.3 Å². The molecule has 2 aliphatic carbocycles. The Morgan fingerprint density at radius 2 is 2.00 bits per heavy atom. The molecular formula is C20H30N2O2. The third-order valence-electron chi connectivity index (χ3n) is 6.39. The van der Waals surface area contributed by atoms with Gasteiger partial charge in [0.25, 0.3) is 0 Å². The molecule has 4 heteroatoms. The Morgan fingerprint density at radius 1 is 1.33 bits per heavy atom. The van der Waals surface area contributed by atoms with E-state index in [0.717, 1.165) is 12.8 Å². The third kappa shape index (κ3) is 2.56. The molecule has 3 N–H and O–H groups in total. The number of nitrogens with two attached hydrogens (primary N) is 1. The summed E-state index contributed by atoms with van der Waals surface area (Å²) in [5.74, 6) is -0.0386. The molecule has 132 valence electrons. The van der Waals surface area contributed by atoms with E-state index in [4.69, 9.17) is 10.5 Å². The number of aryl methyl sites for hydroxylation is 1. The SMILES string of the molecule is CCOC1CC(N)(C(=O)NCC2(c3ccccc3C)CC2)C1(C)C. The molecule has 3 rings (SSSR count). The van der Waals surface area contributed by atoms with Crippen molar-refractivity contribution < 1.29 is 9.53 Å². The monoisotopic (exact) mass is 330 g/mol. The second kappa shape index (κ2) is 5.85. The van der Waals surface area contributed by atoms with Crippen LogP contribution < -0.4 is 11.1 Å². The molecular weight excluding hydrogens is 300 g/mol. The minimum absolute atomic E-state index is 0.0386. The zero-order chi connectivity index (χ0) is 17.6. The molecule has 1 amide bonds. The highest BCUT2D eigenvalue weighted by Gasteiger charge is 2.63. The Bertz CT molecular complexity index is 636. The van der Waals surface area contributed by atoms with Crippen LogP contribution in [0.1, 0.15) is 51.2 Å². The molecule has 1 aromatic carbocycles. The van der Waals surface area contributed by atoms with Crippen LogP contribution in [-0.4, -0.2) is 30.7 Å². The molecule has 0 aromatic heterocycles. The average Bonchev–Trinajstić information content (AvgIpc) is 3.33. The summed E-state index contributed by atoms with van der Waals surface area (Å²) in [5.41, 5.74) is 8.05. The van der Waals surface area contributed by atoms with Gasteiger partial charge in [0.2, 0.25) is 5.91 Å². The molecule has 1 aromatic rings. The minimum atomic E-state index is -0.839. The lowest BCUT2D eigenvalue weighted by molar-refractivity contribution is -0.170. The van der Waals surface area contributed by atoms with Crippen LogP contribution >= 0.6 is 0 Å². The van der Waals surface area contributed by atoms with Gasteiger partial charge in [0.15, 0.2) is 0 Å². The maximum atomic E-state index is 12.8. The van der Waals surface area contributed by atoms with Gasteiger partial charge < -0.3 is 15.8 Å². The number of carbonyl (C=O) groups excluding carboxylic acids is 1. The van der Waals surface area contributed by atoms with E-state index in [1.807, 2.05) is 20.8 Å². The van der Waals surface area contributed by atoms with Crippen molar-refractivity contribution in [2.24, 2.45) is 11.1 Å². The number of hydrogen-bond acceptors (Lipinski definition) is 3. The van der Waals surface area contributed by atoms with E-state index in [1.54, 1.807) is 0 Å². The van der Waals surface area contributed by atoms with Crippen molar-refractivity contribution in [2.75, 3.05) is 13.2 Å². The van der Waals surface area contributed by atoms with E-state index >= 15 is 0 Å². The predicted octanol–water partition coefficient (Wildman–Crippen LogP) is 2.68. The molecule has 0 spiro atoms. The lowest BCUT2D eigenvalue weighted by Gasteiger charge is -2.57. The first kappa shape index (κ1) is 17.4. The maximum Gasteiger partial charge on any atom is 0.240 e. The largest absolute Gasteiger partial charge is 0.378 e. The van der Waals surface area contributed by atoms with Gasteiger partial charge in [-0.25, -0.2) is 0 Å². The van der Waals surface area contributed by atoms with E-state index in [1.165, 1.54) is 11.1 Å². The molecule has 0 bridgehead atoms. The average molecular weight is 330 g/mol. The lowest BCUT2D eigenvalue weighted by atomic mass is 9.54. The number of nitrogens with one attached hydrogen (secondary N) is 1. The van der Waals surface area contributed by atoms with Gasteiger partial charge in [-0.3, -0.25) is 4.79 Å². The van der Waals surface area contributed by atoms with Gasteiger partial charge in [-0.2, -0.15) is 0 Å². The Labute approximate surface area is 145 Å². The van der Waals surface area contributed by atoms with Crippen LogP contribution in [-0.2, 0) is 14.9 Å². The van der Waals surface area contributed by atoms with Crippen molar-refractivity contribution >= 4 is 5.91 Å². The van der Waals surface area contributed by atoms with Crippen LogP contribution in [0.2, 0.25) is 0 Å². The number of amides is 1. The standard InChI is InChI=1S/C20H30N2O2/c1-5-24-16-12-20(21,18(16,3)4)17(23)22-13-19(10-11-19)15-9-7-6-8-14(15)2/h6-9,16H,5,10-13,21H2,1-4H3,(H,22,23). The fraction of sp³-hybridized carbons (Fsp3) is 0.650. The predicted molar refractivity (Wildman–Crippen MR) is 95.8 cm³/mol. The molecule has 0 radical (unpaired) electrons. The summed E-state index contributed by atoms with van der Waals surface area (Å²) in [6.45, 7) is 9.51. The minimum Gasteiger partial charge on any atom is -0.378 e. The summed E-state index contributed by atoms with van der Waals surface area (Å²) >= 11 is 0. The number of benzene rings is 1. The Balaban J connectivity index is 1.66. The summed E-state index contributed by atoms with van der Waals surface area (Å²) in [7, 11) is 0. The summed E-state index contributed by atoms with van der Waals surface area (Å²) in [5, 5.41) is 3.15. The fourth-order valence-corrected chi connectivity index (χ4v) is 4.09. The molecule has 2 unspecified atom stereocenters. The molecule has 0 aliphatic heterocycles. The van der Waals surface area contributed by atoms with Crippen LogP contribution in [0, 0.1) is 12.3 Å². The third-order valence-corrected chi connectivity index (χ3v) is 6.39. The van der Waals surface area contributed by atoms with E-state index in [2.05, 4.69) is 36.5 Å².